The Morgan fingerprint density at radius 2 is 2.12 bits per heavy atom. The monoisotopic (exact) mass is 243 g/mol. The van der Waals surface area contributed by atoms with E-state index in [-0.39, 0.29) is 11.7 Å². The van der Waals surface area contributed by atoms with E-state index in [4.69, 9.17) is 0 Å². The third kappa shape index (κ3) is 2.17. The SMILES string of the molecule is Cc1ccc(F)c(NC2CCSC2C)c1F. The first-order valence-electron chi connectivity index (χ1n) is 5.42. The predicted molar refractivity (Wildman–Crippen MR) is 65.0 cm³/mol. The third-order valence-corrected chi connectivity index (χ3v) is 4.32. The van der Waals surface area contributed by atoms with E-state index in [1.54, 1.807) is 6.92 Å². The molecule has 2 unspecified atom stereocenters. The van der Waals surface area contributed by atoms with Crippen LogP contribution >= 0.6 is 11.8 Å². The van der Waals surface area contributed by atoms with Crippen molar-refractivity contribution < 1.29 is 8.78 Å². The van der Waals surface area contributed by atoms with Crippen molar-refractivity contribution in [2.75, 3.05) is 11.1 Å². The quantitative estimate of drug-likeness (QED) is 0.852. The molecule has 2 rings (SSSR count). The van der Waals surface area contributed by atoms with Crippen LogP contribution < -0.4 is 5.32 Å². The Balaban J connectivity index is 2.23. The normalized spacial score (nSPS) is 24.8. The molecule has 1 aliphatic rings. The molecule has 4 heteroatoms. The molecule has 0 radical (unpaired) electrons. The zero-order valence-corrected chi connectivity index (χ0v) is 10.2. The Morgan fingerprint density at radius 3 is 2.75 bits per heavy atom. The van der Waals surface area contributed by atoms with Crippen LogP contribution in [0.2, 0.25) is 0 Å². The van der Waals surface area contributed by atoms with Crippen molar-refractivity contribution in [3.05, 3.63) is 29.3 Å². The minimum atomic E-state index is -0.507. The van der Waals surface area contributed by atoms with Gasteiger partial charge in [-0.2, -0.15) is 11.8 Å². The van der Waals surface area contributed by atoms with E-state index in [1.807, 2.05) is 11.8 Å². The fourth-order valence-electron chi connectivity index (χ4n) is 1.90. The lowest BCUT2D eigenvalue weighted by Gasteiger charge is -2.19. The molecule has 0 aromatic heterocycles. The first-order valence-corrected chi connectivity index (χ1v) is 6.47. The molecular weight excluding hydrogens is 228 g/mol. The van der Waals surface area contributed by atoms with Gasteiger partial charge in [-0.3, -0.25) is 0 Å². The molecular formula is C12H15F2NS. The van der Waals surface area contributed by atoms with E-state index in [9.17, 15) is 8.78 Å². The Morgan fingerprint density at radius 1 is 1.38 bits per heavy atom. The molecule has 0 spiro atoms. The summed E-state index contributed by atoms with van der Waals surface area (Å²) in [6.07, 6.45) is 0.957. The molecule has 1 N–H and O–H groups in total. The molecule has 0 saturated carbocycles. The Kier molecular flexibility index (Phi) is 3.38. The van der Waals surface area contributed by atoms with Crippen LogP contribution in [0.3, 0.4) is 0 Å². The highest BCUT2D eigenvalue weighted by Gasteiger charge is 2.25. The molecule has 2 atom stereocenters. The number of benzene rings is 1. The molecule has 1 fully saturated rings. The lowest BCUT2D eigenvalue weighted by molar-refractivity contribution is 0.574. The van der Waals surface area contributed by atoms with Crippen LogP contribution in [-0.4, -0.2) is 17.0 Å². The van der Waals surface area contributed by atoms with Gasteiger partial charge in [-0.1, -0.05) is 13.0 Å². The predicted octanol–water partition coefficient (Wildman–Crippen LogP) is 3.58. The van der Waals surface area contributed by atoms with Gasteiger partial charge in [-0.15, -0.1) is 0 Å². The van der Waals surface area contributed by atoms with Crippen molar-refractivity contribution in [2.45, 2.75) is 31.6 Å². The number of nitrogens with one attached hydrogen (secondary N) is 1. The van der Waals surface area contributed by atoms with E-state index < -0.39 is 11.6 Å². The summed E-state index contributed by atoms with van der Waals surface area (Å²) in [5.74, 6) is 0.0738. The maximum atomic E-state index is 13.7. The number of thioether (sulfide) groups is 1. The second-order valence-electron chi connectivity index (χ2n) is 4.17. The zero-order valence-electron chi connectivity index (χ0n) is 9.39. The number of hydrogen-bond donors (Lipinski definition) is 1. The average molecular weight is 243 g/mol. The summed E-state index contributed by atoms with van der Waals surface area (Å²) in [6.45, 7) is 3.73. The number of aryl methyl sites for hydroxylation is 1. The summed E-state index contributed by atoms with van der Waals surface area (Å²) in [7, 11) is 0. The first kappa shape index (κ1) is 11.7. The standard InChI is InChI=1S/C12H15F2NS/c1-7-3-4-9(13)12(11(7)14)15-10-5-6-16-8(10)2/h3-4,8,10,15H,5-6H2,1-2H3. The van der Waals surface area contributed by atoms with Crippen molar-refractivity contribution in [1.29, 1.82) is 0 Å². The highest BCUT2D eigenvalue weighted by atomic mass is 32.2. The van der Waals surface area contributed by atoms with Crippen LogP contribution in [0.4, 0.5) is 14.5 Å². The second-order valence-corrected chi connectivity index (χ2v) is 5.65. The van der Waals surface area contributed by atoms with Crippen molar-refractivity contribution in [3.8, 4) is 0 Å². The topological polar surface area (TPSA) is 12.0 Å². The molecule has 1 aromatic rings. The molecule has 88 valence electrons. The Hall–Kier alpha value is -0.770. The molecule has 1 aliphatic heterocycles. The van der Waals surface area contributed by atoms with Crippen LogP contribution in [0, 0.1) is 18.6 Å². The fraction of sp³-hybridized carbons (Fsp3) is 0.500. The lowest BCUT2D eigenvalue weighted by atomic mass is 10.1. The number of halogens is 2. The van der Waals surface area contributed by atoms with E-state index >= 15 is 0 Å². The van der Waals surface area contributed by atoms with Gasteiger partial charge in [0.2, 0.25) is 0 Å². The maximum absolute atomic E-state index is 13.7. The maximum Gasteiger partial charge on any atom is 0.152 e. The van der Waals surface area contributed by atoms with Gasteiger partial charge in [0, 0.05) is 11.3 Å². The van der Waals surface area contributed by atoms with Crippen LogP contribution in [0.15, 0.2) is 12.1 Å². The molecule has 16 heavy (non-hydrogen) atoms. The number of anilines is 1. The van der Waals surface area contributed by atoms with Crippen molar-refractivity contribution in [1.82, 2.24) is 0 Å². The second kappa shape index (κ2) is 4.62. The van der Waals surface area contributed by atoms with Gasteiger partial charge in [0.1, 0.15) is 11.5 Å². The van der Waals surface area contributed by atoms with E-state index in [0.29, 0.717) is 10.8 Å². The Labute approximate surface area is 98.6 Å². The summed E-state index contributed by atoms with van der Waals surface area (Å²) in [5, 5.41) is 3.40. The Bertz CT molecular complexity index is 395. The molecule has 1 saturated heterocycles. The van der Waals surface area contributed by atoms with E-state index in [1.165, 1.54) is 12.1 Å². The molecule has 1 nitrogen and oxygen atoms in total. The minimum absolute atomic E-state index is 0.0272. The third-order valence-electron chi connectivity index (χ3n) is 2.99. The highest BCUT2D eigenvalue weighted by Crippen LogP contribution is 2.31. The summed E-state index contributed by atoms with van der Waals surface area (Å²) in [6, 6.07) is 2.94. The smallest absolute Gasteiger partial charge is 0.152 e. The minimum Gasteiger partial charge on any atom is -0.376 e. The van der Waals surface area contributed by atoms with Crippen LogP contribution in [-0.2, 0) is 0 Å². The summed E-state index contributed by atoms with van der Waals surface area (Å²) >= 11 is 1.83. The molecule has 0 amide bonds. The van der Waals surface area contributed by atoms with Crippen molar-refractivity contribution in [3.63, 3.8) is 0 Å². The van der Waals surface area contributed by atoms with Gasteiger partial charge in [0.15, 0.2) is 5.82 Å². The largest absolute Gasteiger partial charge is 0.376 e. The van der Waals surface area contributed by atoms with Crippen LogP contribution in [0.5, 0.6) is 0 Å². The van der Waals surface area contributed by atoms with Crippen LogP contribution in [0.25, 0.3) is 0 Å². The van der Waals surface area contributed by atoms with Crippen molar-refractivity contribution in [2.24, 2.45) is 0 Å². The summed E-state index contributed by atoms with van der Waals surface area (Å²) in [5.41, 5.74) is 0.501. The molecule has 0 bridgehead atoms. The average Bonchev–Trinajstić information content (AvgIpc) is 2.65. The van der Waals surface area contributed by atoms with E-state index in [2.05, 4.69) is 12.2 Å². The first-order chi connectivity index (χ1) is 7.59. The summed E-state index contributed by atoms with van der Waals surface area (Å²) < 4.78 is 27.2. The summed E-state index contributed by atoms with van der Waals surface area (Å²) in [4.78, 5) is 0. The highest BCUT2D eigenvalue weighted by molar-refractivity contribution is 8.00. The van der Waals surface area contributed by atoms with Gasteiger partial charge in [-0.05, 0) is 30.7 Å². The zero-order chi connectivity index (χ0) is 11.7. The number of rotatable bonds is 2. The van der Waals surface area contributed by atoms with Gasteiger partial charge in [0.05, 0.1) is 0 Å². The van der Waals surface area contributed by atoms with Gasteiger partial charge < -0.3 is 5.32 Å². The molecule has 0 aliphatic carbocycles. The molecule has 1 heterocycles. The van der Waals surface area contributed by atoms with E-state index in [0.717, 1.165) is 12.2 Å². The fourth-order valence-corrected chi connectivity index (χ4v) is 3.09. The lowest BCUT2D eigenvalue weighted by Crippen LogP contribution is -2.26. The van der Waals surface area contributed by atoms with Crippen LogP contribution in [0.1, 0.15) is 18.9 Å². The van der Waals surface area contributed by atoms with Gasteiger partial charge >= 0.3 is 0 Å². The molecule has 1 aromatic carbocycles. The van der Waals surface area contributed by atoms with Crippen molar-refractivity contribution >= 4 is 17.4 Å². The van der Waals surface area contributed by atoms with Gasteiger partial charge in [0.25, 0.3) is 0 Å². The number of hydrogen-bond acceptors (Lipinski definition) is 2. The van der Waals surface area contributed by atoms with Gasteiger partial charge in [-0.25, -0.2) is 8.78 Å².